The fraction of sp³-hybridized carbons (Fsp3) is 0.292. The monoisotopic (exact) mass is 552 g/mol. The molecule has 3 aromatic rings. The summed E-state index contributed by atoms with van der Waals surface area (Å²) in [5.74, 6) is -0.436. The van der Waals surface area contributed by atoms with Crippen LogP contribution in [0.3, 0.4) is 0 Å². The molecule has 1 aromatic heterocycles. The second-order valence-corrected chi connectivity index (χ2v) is 11.3. The van der Waals surface area contributed by atoms with Gasteiger partial charge in [-0.25, -0.2) is 21.6 Å². The molecule has 0 N–H and O–H groups in total. The maximum Gasteiger partial charge on any atom is 0.410 e. The van der Waals surface area contributed by atoms with Crippen LogP contribution in [-0.4, -0.2) is 43.1 Å². The third kappa shape index (κ3) is 5.61. The summed E-state index contributed by atoms with van der Waals surface area (Å²) in [6.07, 6.45) is 0.808. The highest BCUT2D eigenvalue weighted by Gasteiger charge is 2.28. The number of amides is 1. The van der Waals surface area contributed by atoms with Crippen LogP contribution in [0.15, 0.2) is 64.1 Å². The van der Waals surface area contributed by atoms with Gasteiger partial charge in [0.25, 0.3) is 10.0 Å². The van der Waals surface area contributed by atoms with E-state index >= 15 is 0 Å². The van der Waals surface area contributed by atoms with Crippen molar-refractivity contribution in [3.8, 4) is 17.0 Å². The molecule has 1 heterocycles. The molecule has 10 heteroatoms. The topological polar surface area (TPSA) is 77.8 Å². The summed E-state index contributed by atoms with van der Waals surface area (Å²) in [5.41, 5.74) is 0.0130. The highest BCUT2D eigenvalue weighted by Crippen LogP contribution is 2.34. The van der Waals surface area contributed by atoms with Crippen molar-refractivity contribution < 1.29 is 27.1 Å². The van der Waals surface area contributed by atoms with Gasteiger partial charge in [-0.3, -0.25) is 0 Å². The average Bonchev–Trinajstić information content (AvgIpc) is 3.17. The molecule has 182 valence electrons. The molecule has 0 aliphatic rings. The standard InChI is InChI=1S/C24H26BrFN2O5S/c1-24(2,3)33-23(29)27(4)14-16-12-20(18-8-6-7-9-19(18)26)28(15-16)34(30,31)22-13-17(25)10-11-21(22)32-5/h6-13,15H,14H2,1-5H3. The summed E-state index contributed by atoms with van der Waals surface area (Å²) in [7, 11) is -1.29. The van der Waals surface area contributed by atoms with Gasteiger partial charge in [0.05, 0.1) is 19.3 Å². The van der Waals surface area contributed by atoms with Gasteiger partial charge in [-0.15, -0.1) is 0 Å². The lowest BCUT2D eigenvalue weighted by Gasteiger charge is -2.24. The van der Waals surface area contributed by atoms with E-state index in [2.05, 4.69) is 15.9 Å². The first-order chi connectivity index (χ1) is 15.8. The lowest BCUT2D eigenvalue weighted by molar-refractivity contribution is 0.0285. The van der Waals surface area contributed by atoms with Crippen LogP contribution in [-0.2, 0) is 21.3 Å². The molecule has 0 radical (unpaired) electrons. The van der Waals surface area contributed by atoms with E-state index in [0.29, 0.717) is 10.0 Å². The number of ether oxygens (including phenoxy) is 2. The lowest BCUT2D eigenvalue weighted by Crippen LogP contribution is -2.33. The lowest BCUT2D eigenvalue weighted by atomic mass is 10.1. The van der Waals surface area contributed by atoms with E-state index < -0.39 is 27.5 Å². The largest absolute Gasteiger partial charge is 0.495 e. The van der Waals surface area contributed by atoms with Gasteiger partial charge < -0.3 is 14.4 Å². The molecule has 0 saturated heterocycles. The number of hydrogen-bond donors (Lipinski definition) is 0. The Balaban J connectivity index is 2.13. The first-order valence-electron chi connectivity index (χ1n) is 10.3. The van der Waals surface area contributed by atoms with Gasteiger partial charge in [-0.05, 0) is 62.7 Å². The summed E-state index contributed by atoms with van der Waals surface area (Å²) in [6, 6.07) is 12.0. The normalized spacial score (nSPS) is 11.9. The van der Waals surface area contributed by atoms with E-state index in [-0.39, 0.29) is 28.4 Å². The summed E-state index contributed by atoms with van der Waals surface area (Å²) < 4.78 is 54.4. The minimum absolute atomic E-state index is 0.0501. The quantitative estimate of drug-likeness (QED) is 0.393. The van der Waals surface area contributed by atoms with Gasteiger partial charge in [-0.1, -0.05) is 28.1 Å². The fourth-order valence-electron chi connectivity index (χ4n) is 3.28. The minimum atomic E-state index is -4.20. The summed E-state index contributed by atoms with van der Waals surface area (Å²) in [5, 5.41) is 0. The smallest absolute Gasteiger partial charge is 0.410 e. The van der Waals surface area contributed by atoms with Crippen molar-refractivity contribution in [2.24, 2.45) is 0 Å². The number of carbonyl (C=O) groups is 1. The van der Waals surface area contributed by atoms with E-state index in [1.807, 2.05) is 0 Å². The Morgan fingerprint density at radius 2 is 1.82 bits per heavy atom. The van der Waals surface area contributed by atoms with Crippen LogP contribution in [0.5, 0.6) is 5.75 Å². The van der Waals surface area contributed by atoms with Crippen LogP contribution in [0, 0.1) is 5.82 Å². The number of halogens is 2. The molecule has 7 nitrogen and oxygen atoms in total. The number of methoxy groups -OCH3 is 1. The number of benzene rings is 2. The maximum absolute atomic E-state index is 14.7. The number of aromatic nitrogens is 1. The van der Waals surface area contributed by atoms with Crippen molar-refractivity contribution in [2.75, 3.05) is 14.2 Å². The summed E-state index contributed by atoms with van der Waals surface area (Å²) >= 11 is 3.30. The highest BCUT2D eigenvalue weighted by atomic mass is 79.9. The van der Waals surface area contributed by atoms with Gasteiger partial charge in [0.1, 0.15) is 22.1 Å². The van der Waals surface area contributed by atoms with Crippen LogP contribution < -0.4 is 4.74 Å². The summed E-state index contributed by atoms with van der Waals surface area (Å²) in [4.78, 5) is 13.6. The van der Waals surface area contributed by atoms with E-state index in [1.54, 1.807) is 46.0 Å². The predicted octanol–water partition coefficient (Wildman–Crippen LogP) is 5.67. The van der Waals surface area contributed by atoms with Gasteiger partial charge in [0.2, 0.25) is 0 Å². The Bertz CT molecular complexity index is 1320. The Hall–Kier alpha value is -2.85. The van der Waals surface area contributed by atoms with Crippen LogP contribution in [0.25, 0.3) is 11.3 Å². The number of carbonyl (C=O) groups excluding carboxylic acids is 1. The molecule has 2 aromatic carbocycles. The molecule has 0 fully saturated rings. The Morgan fingerprint density at radius 1 is 1.15 bits per heavy atom. The molecule has 0 aliphatic heterocycles. The molecule has 0 unspecified atom stereocenters. The minimum Gasteiger partial charge on any atom is -0.495 e. The second kappa shape index (κ2) is 9.79. The second-order valence-electron chi connectivity index (χ2n) is 8.65. The zero-order valence-electron chi connectivity index (χ0n) is 19.5. The van der Waals surface area contributed by atoms with E-state index in [1.165, 1.54) is 48.5 Å². The maximum atomic E-state index is 14.7. The van der Waals surface area contributed by atoms with Gasteiger partial charge in [0.15, 0.2) is 0 Å². The zero-order chi connectivity index (χ0) is 25.3. The van der Waals surface area contributed by atoms with Crippen LogP contribution >= 0.6 is 15.9 Å². The Kier molecular flexibility index (Phi) is 7.42. The summed E-state index contributed by atoms with van der Waals surface area (Å²) in [6.45, 7) is 5.31. The van der Waals surface area contributed by atoms with Crippen molar-refractivity contribution >= 4 is 32.0 Å². The van der Waals surface area contributed by atoms with E-state index in [9.17, 15) is 17.6 Å². The first-order valence-corrected chi connectivity index (χ1v) is 12.6. The van der Waals surface area contributed by atoms with Crippen molar-refractivity contribution in [1.82, 2.24) is 8.87 Å². The van der Waals surface area contributed by atoms with Gasteiger partial charge in [0, 0.05) is 23.3 Å². The van der Waals surface area contributed by atoms with Gasteiger partial charge >= 0.3 is 6.09 Å². The molecule has 0 atom stereocenters. The highest BCUT2D eigenvalue weighted by molar-refractivity contribution is 9.10. The molecule has 1 amide bonds. The average molecular weight is 553 g/mol. The third-order valence-electron chi connectivity index (χ3n) is 4.78. The molecule has 34 heavy (non-hydrogen) atoms. The number of nitrogens with zero attached hydrogens (tertiary/aromatic N) is 2. The van der Waals surface area contributed by atoms with Gasteiger partial charge in [-0.2, -0.15) is 0 Å². The van der Waals surface area contributed by atoms with E-state index in [4.69, 9.17) is 9.47 Å². The molecule has 0 saturated carbocycles. The van der Waals surface area contributed by atoms with Crippen LogP contribution in [0.1, 0.15) is 26.3 Å². The van der Waals surface area contributed by atoms with Crippen molar-refractivity contribution in [3.05, 3.63) is 70.6 Å². The van der Waals surface area contributed by atoms with Crippen molar-refractivity contribution in [1.29, 1.82) is 0 Å². The zero-order valence-corrected chi connectivity index (χ0v) is 21.9. The molecular formula is C24H26BrFN2O5S. The Morgan fingerprint density at radius 3 is 2.44 bits per heavy atom. The van der Waals surface area contributed by atoms with Crippen molar-refractivity contribution in [2.45, 2.75) is 37.8 Å². The molecule has 3 rings (SSSR count). The molecule has 0 aliphatic carbocycles. The Labute approximate surface area is 207 Å². The predicted molar refractivity (Wildman–Crippen MR) is 131 cm³/mol. The third-order valence-corrected chi connectivity index (χ3v) is 6.97. The molecule has 0 spiro atoms. The van der Waals surface area contributed by atoms with E-state index in [0.717, 1.165) is 3.97 Å². The first kappa shape index (κ1) is 25.8. The molecule has 0 bridgehead atoms. The number of rotatable bonds is 6. The van der Waals surface area contributed by atoms with Crippen LogP contribution in [0.4, 0.5) is 9.18 Å². The van der Waals surface area contributed by atoms with Crippen LogP contribution in [0.2, 0.25) is 0 Å². The fourth-order valence-corrected chi connectivity index (χ4v) is 5.37. The SMILES string of the molecule is COc1ccc(Br)cc1S(=O)(=O)n1cc(CN(C)C(=O)OC(C)(C)C)cc1-c1ccccc1F. The molecular weight excluding hydrogens is 527 g/mol. The van der Waals surface area contributed by atoms with Crippen molar-refractivity contribution in [3.63, 3.8) is 0 Å². The number of hydrogen-bond acceptors (Lipinski definition) is 5.